The first-order valence-corrected chi connectivity index (χ1v) is 3.15. The smallest absolute Gasteiger partial charge is 0.269 e. The minimum Gasteiger partial charge on any atom is -0.368 e. The number of likely N-dealkylation sites (N-methyl/N-ethyl adjacent to an activating group) is 1. The summed E-state index contributed by atoms with van der Waals surface area (Å²) in [6.07, 6.45) is 0.226. The van der Waals surface area contributed by atoms with Gasteiger partial charge in [0.2, 0.25) is 0 Å². The van der Waals surface area contributed by atoms with Gasteiger partial charge in [-0.25, -0.2) is 0 Å². The van der Waals surface area contributed by atoms with E-state index in [0.29, 0.717) is 0 Å². The molecule has 0 aromatic heterocycles. The van der Waals surface area contributed by atoms with E-state index in [1.807, 2.05) is 0 Å². The highest BCUT2D eigenvalue weighted by Gasteiger charge is 2.29. The van der Waals surface area contributed by atoms with Crippen molar-refractivity contribution in [2.24, 2.45) is 5.73 Å². The topological polar surface area (TPSA) is 66.6 Å². The third kappa shape index (κ3) is 1.97. The maximum atomic E-state index is 10.9. The molecule has 0 aliphatic heterocycles. The molecular weight excluding hydrogens is 132 g/mol. The zero-order chi connectivity index (χ0) is 8.36. The average Bonchev–Trinajstić information content (AvgIpc) is 1.86. The van der Waals surface area contributed by atoms with Crippen molar-refractivity contribution in [1.82, 2.24) is 4.90 Å². The van der Waals surface area contributed by atoms with E-state index in [-0.39, 0.29) is 6.42 Å². The molecule has 0 bridgehead atoms. The quantitative estimate of drug-likeness (QED) is 0.498. The minimum absolute atomic E-state index is 0.226. The summed E-state index contributed by atoms with van der Waals surface area (Å²) in [5.41, 5.74) is 3.53. The van der Waals surface area contributed by atoms with E-state index in [9.17, 15) is 4.79 Å². The van der Waals surface area contributed by atoms with Gasteiger partial charge in [-0.1, -0.05) is 6.92 Å². The van der Waals surface area contributed by atoms with Gasteiger partial charge < -0.3 is 10.0 Å². The van der Waals surface area contributed by atoms with Crippen LogP contribution in [0.4, 0.5) is 0 Å². The Balaban J connectivity index is 4.19. The molecule has 0 heterocycles. The first-order chi connectivity index (χ1) is 4.41. The Labute approximate surface area is 60.6 Å². The number of nitrogens with two attached hydrogens (primary N) is 1. The maximum Gasteiger partial charge on any atom is 0.269 e. The van der Waals surface area contributed by atoms with Crippen molar-refractivity contribution in [3.63, 3.8) is 0 Å². The molecule has 3 N–H and O–H groups in total. The van der Waals surface area contributed by atoms with Gasteiger partial charge in [0.15, 0.2) is 5.72 Å². The predicted molar refractivity (Wildman–Crippen MR) is 38.1 cm³/mol. The predicted octanol–water partition coefficient (Wildman–Crippen LogP) is -0.868. The van der Waals surface area contributed by atoms with E-state index in [4.69, 9.17) is 10.8 Å². The van der Waals surface area contributed by atoms with E-state index in [0.717, 1.165) is 0 Å². The number of hydrogen-bond acceptors (Lipinski definition) is 3. The lowest BCUT2D eigenvalue weighted by Crippen LogP contribution is -2.52. The third-order valence-corrected chi connectivity index (χ3v) is 1.32. The molecule has 0 saturated carbocycles. The standard InChI is InChI=1S/C6H14N2O2/c1-4-6(7,10)5(9)8(2)3/h10H,4,7H2,1-3H3. The Kier molecular flexibility index (Phi) is 2.80. The van der Waals surface area contributed by atoms with E-state index >= 15 is 0 Å². The Morgan fingerprint density at radius 3 is 2.20 bits per heavy atom. The number of aliphatic hydroxyl groups is 1. The summed E-state index contributed by atoms with van der Waals surface area (Å²) in [5, 5.41) is 9.15. The van der Waals surface area contributed by atoms with E-state index < -0.39 is 11.6 Å². The highest BCUT2D eigenvalue weighted by Crippen LogP contribution is 2.03. The second-order valence-corrected chi connectivity index (χ2v) is 2.48. The largest absolute Gasteiger partial charge is 0.368 e. The van der Waals surface area contributed by atoms with Gasteiger partial charge in [0.25, 0.3) is 5.91 Å². The molecular formula is C6H14N2O2. The first kappa shape index (κ1) is 9.39. The lowest BCUT2D eigenvalue weighted by atomic mass is 10.1. The molecule has 0 saturated heterocycles. The summed E-state index contributed by atoms with van der Waals surface area (Å²) in [6.45, 7) is 1.65. The molecule has 60 valence electrons. The van der Waals surface area contributed by atoms with Gasteiger partial charge >= 0.3 is 0 Å². The molecule has 10 heavy (non-hydrogen) atoms. The summed E-state index contributed by atoms with van der Waals surface area (Å²) >= 11 is 0. The van der Waals surface area contributed by atoms with Crippen LogP contribution < -0.4 is 5.73 Å². The molecule has 0 aliphatic carbocycles. The molecule has 4 nitrogen and oxygen atoms in total. The molecule has 0 fully saturated rings. The summed E-state index contributed by atoms with van der Waals surface area (Å²) < 4.78 is 0. The van der Waals surface area contributed by atoms with Crippen LogP contribution in [0.2, 0.25) is 0 Å². The minimum atomic E-state index is -1.69. The van der Waals surface area contributed by atoms with Crippen molar-refractivity contribution in [1.29, 1.82) is 0 Å². The summed E-state index contributed by atoms with van der Waals surface area (Å²) in [4.78, 5) is 12.2. The van der Waals surface area contributed by atoms with Crippen molar-refractivity contribution < 1.29 is 9.90 Å². The zero-order valence-corrected chi connectivity index (χ0v) is 6.59. The van der Waals surface area contributed by atoms with Crippen LogP contribution in [0.5, 0.6) is 0 Å². The molecule has 4 heteroatoms. The van der Waals surface area contributed by atoms with Crippen LogP contribution in [0.1, 0.15) is 13.3 Å². The summed E-state index contributed by atoms with van der Waals surface area (Å²) in [7, 11) is 3.10. The van der Waals surface area contributed by atoms with Crippen LogP contribution in [0.15, 0.2) is 0 Å². The van der Waals surface area contributed by atoms with E-state index in [1.54, 1.807) is 21.0 Å². The maximum absolute atomic E-state index is 10.9. The van der Waals surface area contributed by atoms with Crippen LogP contribution in [0.3, 0.4) is 0 Å². The van der Waals surface area contributed by atoms with Gasteiger partial charge in [-0.15, -0.1) is 0 Å². The van der Waals surface area contributed by atoms with Crippen LogP contribution >= 0.6 is 0 Å². The zero-order valence-electron chi connectivity index (χ0n) is 6.59. The molecule has 0 aliphatic rings. The van der Waals surface area contributed by atoms with Gasteiger partial charge in [0, 0.05) is 14.1 Å². The van der Waals surface area contributed by atoms with Crippen molar-refractivity contribution in [3.05, 3.63) is 0 Å². The van der Waals surface area contributed by atoms with Gasteiger partial charge in [0.05, 0.1) is 0 Å². The normalized spacial score (nSPS) is 16.1. The molecule has 0 aromatic carbocycles. The van der Waals surface area contributed by atoms with Crippen molar-refractivity contribution >= 4 is 5.91 Å². The molecule has 1 unspecified atom stereocenters. The second kappa shape index (κ2) is 2.98. The summed E-state index contributed by atoms with van der Waals surface area (Å²) in [6, 6.07) is 0. The van der Waals surface area contributed by atoms with Gasteiger partial charge in [-0.3, -0.25) is 10.5 Å². The Hall–Kier alpha value is -0.610. The van der Waals surface area contributed by atoms with Crippen LogP contribution in [-0.2, 0) is 4.79 Å². The summed E-state index contributed by atoms with van der Waals surface area (Å²) in [5.74, 6) is -0.463. The molecule has 0 radical (unpaired) electrons. The fourth-order valence-corrected chi connectivity index (χ4v) is 0.538. The van der Waals surface area contributed by atoms with Gasteiger partial charge in [-0.2, -0.15) is 0 Å². The molecule has 1 atom stereocenters. The number of carbonyl (C=O) groups excluding carboxylic acids is 1. The SMILES string of the molecule is CCC(N)(O)C(=O)N(C)C. The number of nitrogens with zero attached hydrogens (tertiary/aromatic N) is 1. The highest BCUT2D eigenvalue weighted by atomic mass is 16.3. The molecule has 0 aromatic rings. The lowest BCUT2D eigenvalue weighted by Gasteiger charge is -2.23. The number of carbonyl (C=O) groups is 1. The Morgan fingerprint density at radius 2 is 2.10 bits per heavy atom. The van der Waals surface area contributed by atoms with Crippen molar-refractivity contribution in [3.8, 4) is 0 Å². The average molecular weight is 146 g/mol. The number of amides is 1. The fraction of sp³-hybridized carbons (Fsp3) is 0.833. The number of hydrogen-bond donors (Lipinski definition) is 2. The van der Waals surface area contributed by atoms with Crippen LogP contribution in [0, 0.1) is 0 Å². The second-order valence-electron chi connectivity index (χ2n) is 2.48. The highest BCUT2D eigenvalue weighted by molar-refractivity contribution is 5.83. The fourth-order valence-electron chi connectivity index (χ4n) is 0.538. The van der Waals surface area contributed by atoms with Gasteiger partial charge in [-0.05, 0) is 6.42 Å². The Morgan fingerprint density at radius 1 is 1.70 bits per heavy atom. The van der Waals surface area contributed by atoms with E-state index in [2.05, 4.69) is 0 Å². The molecule has 1 amide bonds. The lowest BCUT2D eigenvalue weighted by molar-refractivity contribution is -0.148. The van der Waals surface area contributed by atoms with Gasteiger partial charge in [0.1, 0.15) is 0 Å². The molecule has 0 spiro atoms. The molecule has 0 rings (SSSR count). The first-order valence-electron chi connectivity index (χ1n) is 3.15. The monoisotopic (exact) mass is 146 g/mol. The van der Waals surface area contributed by atoms with E-state index in [1.165, 1.54) is 4.90 Å². The van der Waals surface area contributed by atoms with Crippen molar-refractivity contribution in [2.75, 3.05) is 14.1 Å². The number of rotatable bonds is 2. The Bertz CT molecular complexity index is 132. The van der Waals surface area contributed by atoms with Crippen LogP contribution in [-0.4, -0.2) is 35.7 Å². The third-order valence-electron chi connectivity index (χ3n) is 1.32. The van der Waals surface area contributed by atoms with Crippen LogP contribution in [0.25, 0.3) is 0 Å². The van der Waals surface area contributed by atoms with Crippen molar-refractivity contribution in [2.45, 2.75) is 19.1 Å².